The molecule has 1 unspecified atom stereocenters. The average molecular weight is 682 g/mol. The Bertz CT molecular complexity index is 2460. The van der Waals surface area contributed by atoms with Crippen molar-refractivity contribution >= 4 is 39.8 Å². The molecule has 6 aromatic rings. The van der Waals surface area contributed by atoms with Crippen LogP contribution < -0.4 is 34.4 Å². The number of nitrogens with zero attached hydrogens (tertiary/aromatic N) is 2. The van der Waals surface area contributed by atoms with Crippen LogP contribution in [-0.2, 0) is 11.4 Å². The molecule has 0 fully saturated rings. The maximum atomic E-state index is 14.2. The van der Waals surface area contributed by atoms with Gasteiger partial charge in [0.25, 0.3) is 11.5 Å². The molecule has 9 heteroatoms. The predicted molar refractivity (Wildman–Crippen MR) is 198 cm³/mol. The summed E-state index contributed by atoms with van der Waals surface area (Å²) in [5.41, 5.74) is 4.88. The number of anilines is 1. The van der Waals surface area contributed by atoms with Crippen LogP contribution in [-0.4, -0.2) is 24.7 Å². The molecule has 0 aliphatic carbocycles. The largest absolute Gasteiger partial charge is 0.493 e. The first kappa shape index (κ1) is 32.6. The van der Waals surface area contributed by atoms with Crippen molar-refractivity contribution in [1.82, 2.24) is 4.57 Å². The number of methoxy groups -OCH3 is 2. The van der Waals surface area contributed by atoms with Gasteiger partial charge >= 0.3 is 0 Å². The first-order valence-electron chi connectivity index (χ1n) is 16.2. The zero-order valence-electron chi connectivity index (χ0n) is 28.1. The first-order chi connectivity index (χ1) is 24.3. The van der Waals surface area contributed by atoms with Crippen molar-refractivity contribution in [3.05, 3.63) is 162 Å². The summed E-state index contributed by atoms with van der Waals surface area (Å²) in [6, 6.07) is 34.4. The molecule has 250 valence electrons. The van der Waals surface area contributed by atoms with Gasteiger partial charge in [-0.15, -0.1) is 0 Å². The van der Waals surface area contributed by atoms with Crippen molar-refractivity contribution in [3.8, 4) is 17.2 Å². The number of amides is 1. The fourth-order valence-electron chi connectivity index (χ4n) is 6.24. The monoisotopic (exact) mass is 681 g/mol. The molecule has 0 saturated heterocycles. The maximum absolute atomic E-state index is 14.2. The van der Waals surface area contributed by atoms with E-state index in [9.17, 15) is 9.59 Å². The van der Waals surface area contributed by atoms with E-state index in [0.717, 1.165) is 22.4 Å². The number of aromatic nitrogens is 1. The molecule has 2 heterocycles. The van der Waals surface area contributed by atoms with Crippen LogP contribution in [0.15, 0.2) is 130 Å². The number of allylic oxidation sites excluding steroid dienone is 1. The molecule has 8 nitrogen and oxygen atoms in total. The highest BCUT2D eigenvalue weighted by Crippen LogP contribution is 2.36. The molecule has 1 N–H and O–H groups in total. The molecule has 50 heavy (non-hydrogen) atoms. The minimum Gasteiger partial charge on any atom is -0.493 e. The third-order valence-electron chi connectivity index (χ3n) is 8.84. The van der Waals surface area contributed by atoms with Crippen molar-refractivity contribution in [2.45, 2.75) is 26.5 Å². The molecule has 1 aromatic heterocycles. The Labute approximate surface area is 293 Å². The lowest BCUT2D eigenvalue weighted by molar-refractivity contribution is -0.113. The van der Waals surface area contributed by atoms with Gasteiger partial charge in [-0.25, -0.2) is 4.99 Å². The van der Waals surface area contributed by atoms with E-state index in [-0.39, 0.29) is 11.5 Å². The van der Waals surface area contributed by atoms with Crippen molar-refractivity contribution in [3.63, 3.8) is 0 Å². The number of hydrogen-bond acceptors (Lipinski definition) is 7. The van der Waals surface area contributed by atoms with E-state index in [1.165, 1.54) is 22.1 Å². The van der Waals surface area contributed by atoms with Gasteiger partial charge in [-0.1, -0.05) is 90.2 Å². The lowest BCUT2D eigenvalue weighted by atomic mass is 9.94. The highest BCUT2D eigenvalue weighted by molar-refractivity contribution is 7.07. The molecule has 1 amide bonds. The Hall–Kier alpha value is -5.93. The number of nitrogens with one attached hydrogen (secondary N) is 1. The van der Waals surface area contributed by atoms with Gasteiger partial charge in [0.15, 0.2) is 16.3 Å². The minimum atomic E-state index is -0.762. The molecular weight excluding hydrogens is 647 g/mol. The van der Waals surface area contributed by atoms with Crippen LogP contribution in [0.5, 0.6) is 17.2 Å². The topological polar surface area (TPSA) is 91.2 Å². The number of hydrogen-bond donors (Lipinski definition) is 1. The summed E-state index contributed by atoms with van der Waals surface area (Å²) in [5.74, 6) is 1.42. The van der Waals surface area contributed by atoms with Gasteiger partial charge in [0.2, 0.25) is 0 Å². The SMILES string of the molecule is COc1ccc(C2C(C(=O)Nc3ccccc3C)=C(C)N=c3s/c(=C/c4ccc(OCc5cccc6ccccc56)cc4)c(=O)n32)cc1OC. The quantitative estimate of drug-likeness (QED) is 0.179. The molecule has 1 aliphatic rings. The number of rotatable bonds is 9. The minimum absolute atomic E-state index is 0.251. The van der Waals surface area contributed by atoms with Crippen LogP contribution in [0.2, 0.25) is 0 Å². The Morgan fingerprint density at radius 2 is 1.62 bits per heavy atom. The molecule has 1 aliphatic heterocycles. The van der Waals surface area contributed by atoms with Gasteiger partial charge in [-0.3, -0.25) is 14.2 Å². The Balaban J connectivity index is 1.23. The van der Waals surface area contributed by atoms with Gasteiger partial charge in [0.1, 0.15) is 12.4 Å². The smallest absolute Gasteiger partial charge is 0.271 e. The highest BCUT2D eigenvalue weighted by atomic mass is 32.1. The summed E-state index contributed by atoms with van der Waals surface area (Å²) in [6.45, 7) is 4.17. The number of thiazole rings is 1. The van der Waals surface area contributed by atoms with Gasteiger partial charge in [0.05, 0.1) is 36.1 Å². The summed E-state index contributed by atoms with van der Waals surface area (Å²) < 4.78 is 19.3. The number of fused-ring (bicyclic) bond motifs is 2. The number of benzene rings is 5. The average Bonchev–Trinajstić information content (AvgIpc) is 3.44. The number of aryl methyl sites for hydroxylation is 1. The van der Waals surface area contributed by atoms with Crippen LogP contribution in [0.1, 0.15) is 35.2 Å². The standard InChI is InChI=1S/C41H35N3O5S/c1-25-10-5-8-15-33(25)43-39(45)37-26(2)42-41-44(38(37)29-18-21-34(47-3)35(23-29)48-4)40(46)36(50-41)22-27-16-19-31(20-17-27)49-24-30-13-9-12-28-11-6-7-14-32(28)30/h5-23,38H,24H2,1-4H3,(H,43,45)/b36-22+. The van der Waals surface area contributed by atoms with E-state index >= 15 is 0 Å². The van der Waals surface area contributed by atoms with Crippen molar-refractivity contribution in [1.29, 1.82) is 0 Å². The highest BCUT2D eigenvalue weighted by Gasteiger charge is 2.33. The van der Waals surface area contributed by atoms with E-state index in [1.54, 1.807) is 37.8 Å². The van der Waals surface area contributed by atoms with Crippen LogP contribution in [0.4, 0.5) is 5.69 Å². The second-order valence-corrected chi connectivity index (χ2v) is 13.0. The molecular formula is C41H35N3O5S. The number of carbonyl (C=O) groups is 1. The van der Waals surface area contributed by atoms with E-state index in [1.807, 2.05) is 85.8 Å². The second kappa shape index (κ2) is 13.9. The van der Waals surface area contributed by atoms with E-state index in [0.29, 0.717) is 50.0 Å². The third kappa shape index (κ3) is 6.31. The van der Waals surface area contributed by atoms with Crippen molar-refractivity contribution < 1.29 is 19.0 Å². The Kier molecular flexibility index (Phi) is 9.06. The lowest BCUT2D eigenvalue weighted by Crippen LogP contribution is -2.40. The molecule has 0 bridgehead atoms. The number of para-hydroxylation sites is 1. The molecule has 7 rings (SSSR count). The zero-order chi connectivity index (χ0) is 34.8. The Morgan fingerprint density at radius 3 is 2.40 bits per heavy atom. The molecule has 0 saturated carbocycles. The molecule has 0 radical (unpaired) electrons. The van der Waals surface area contributed by atoms with Crippen molar-refractivity contribution in [2.75, 3.05) is 19.5 Å². The first-order valence-corrected chi connectivity index (χ1v) is 17.0. The van der Waals surface area contributed by atoms with E-state index < -0.39 is 6.04 Å². The zero-order valence-corrected chi connectivity index (χ0v) is 28.9. The summed E-state index contributed by atoms with van der Waals surface area (Å²) in [5, 5.41) is 5.39. The predicted octanol–water partition coefficient (Wildman–Crippen LogP) is 6.93. The normalized spacial score (nSPS) is 14.2. The van der Waals surface area contributed by atoms with Crippen LogP contribution in [0.25, 0.3) is 16.8 Å². The second-order valence-electron chi connectivity index (χ2n) is 12.0. The number of carbonyl (C=O) groups excluding carboxylic acids is 1. The molecule has 1 atom stereocenters. The third-order valence-corrected chi connectivity index (χ3v) is 9.82. The van der Waals surface area contributed by atoms with Crippen LogP contribution >= 0.6 is 11.3 Å². The van der Waals surface area contributed by atoms with Crippen molar-refractivity contribution in [2.24, 2.45) is 4.99 Å². The summed E-state index contributed by atoms with van der Waals surface area (Å²) in [6.07, 6.45) is 1.84. The van der Waals surface area contributed by atoms with Gasteiger partial charge in [-0.2, -0.15) is 0 Å². The number of ether oxygens (including phenoxy) is 3. The summed E-state index contributed by atoms with van der Waals surface area (Å²) in [4.78, 5) is 33.6. The van der Waals surface area contributed by atoms with Crippen LogP contribution in [0, 0.1) is 6.92 Å². The fourth-order valence-corrected chi connectivity index (χ4v) is 7.29. The van der Waals surface area contributed by atoms with E-state index in [2.05, 4.69) is 29.6 Å². The Morgan fingerprint density at radius 1 is 0.880 bits per heavy atom. The molecule has 0 spiro atoms. The molecule has 5 aromatic carbocycles. The van der Waals surface area contributed by atoms with Gasteiger partial charge in [0, 0.05) is 5.69 Å². The van der Waals surface area contributed by atoms with Crippen LogP contribution in [0.3, 0.4) is 0 Å². The summed E-state index contributed by atoms with van der Waals surface area (Å²) in [7, 11) is 3.12. The summed E-state index contributed by atoms with van der Waals surface area (Å²) >= 11 is 1.28. The van der Waals surface area contributed by atoms with Gasteiger partial charge in [-0.05, 0) is 83.3 Å². The fraction of sp³-hybridized carbons (Fsp3) is 0.146. The lowest BCUT2D eigenvalue weighted by Gasteiger charge is -2.26. The van der Waals surface area contributed by atoms with E-state index in [4.69, 9.17) is 19.2 Å². The maximum Gasteiger partial charge on any atom is 0.271 e. The van der Waals surface area contributed by atoms with Gasteiger partial charge < -0.3 is 19.5 Å².